The summed E-state index contributed by atoms with van der Waals surface area (Å²) in [7, 11) is -1.99. The molecule has 1 N–H and O–H groups in total. The lowest BCUT2D eigenvalue weighted by molar-refractivity contribution is 0.481. The summed E-state index contributed by atoms with van der Waals surface area (Å²) < 4.78 is 0. The van der Waals surface area contributed by atoms with E-state index in [2.05, 4.69) is 34.6 Å². The molecule has 0 saturated carbocycles. The Balaban J connectivity index is 3.63. The molecule has 0 aliphatic heterocycles. The van der Waals surface area contributed by atoms with E-state index in [9.17, 15) is 4.80 Å². The fourth-order valence-corrected chi connectivity index (χ4v) is 6.09. The summed E-state index contributed by atoms with van der Waals surface area (Å²) in [5.74, 6) is 0. The summed E-state index contributed by atoms with van der Waals surface area (Å²) in [6.45, 7) is 11.1. The minimum absolute atomic E-state index is 0.502. The van der Waals surface area contributed by atoms with Gasteiger partial charge in [0.25, 0.3) is 0 Å². The third-order valence-electron chi connectivity index (χ3n) is 4.43. The van der Waals surface area contributed by atoms with Crippen LogP contribution in [0, 0.1) is 0 Å². The lowest BCUT2D eigenvalue weighted by Crippen LogP contribution is -2.41. The summed E-state index contributed by atoms with van der Waals surface area (Å²) >= 11 is 0. The molecule has 0 unspecified atom stereocenters. The predicted molar refractivity (Wildman–Crippen MR) is 85.6 cm³/mol. The third kappa shape index (κ3) is 6.94. The normalized spacial score (nSPS) is 12.7. The third-order valence-corrected chi connectivity index (χ3v) is 9.58. The maximum Gasteiger partial charge on any atom is 0.193 e. The average Bonchev–Trinajstić information content (AvgIpc) is 2.31. The Morgan fingerprint density at radius 3 is 1.50 bits per heavy atom. The van der Waals surface area contributed by atoms with E-state index in [0.717, 1.165) is 6.04 Å². The highest BCUT2D eigenvalue weighted by atomic mass is 28.4. The van der Waals surface area contributed by atoms with Crippen LogP contribution in [0.5, 0.6) is 0 Å². The van der Waals surface area contributed by atoms with Gasteiger partial charge in [-0.15, -0.1) is 0 Å². The van der Waals surface area contributed by atoms with Crippen LogP contribution in [-0.4, -0.2) is 13.1 Å². The van der Waals surface area contributed by atoms with E-state index in [1.54, 1.807) is 0 Å². The standard InChI is InChI=1S/C16H36OSi/c1-6-7-8-9-10-11-12-13-14-18(17,15(2)3)16(4)5/h15-17H,6-14H2,1-5H3. The van der Waals surface area contributed by atoms with Gasteiger partial charge in [-0.2, -0.15) is 0 Å². The molecule has 0 heterocycles. The van der Waals surface area contributed by atoms with Crippen molar-refractivity contribution in [3.8, 4) is 0 Å². The predicted octanol–water partition coefficient (Wildman–Crippen LogP) is 5.88. The average molecular weight is 273 g/mol. The molecule has 0 radical (unpaired) electrons. The fourth-order valence-electron chi connectivity index (χ4n) is 2.79. The Kier molecular flexibility index (Phi) is 10.1. The van der Waals surface area contributed by atoms with Crippen molar-refractivity contribution < 1.29 is 4.80 Å². The topological polar surface area (TPSA) is 20.2 Å². The highest BCUT2D eigenvalue weighted by molar-refractivity contribution is 6.75. The van der Waals surface area contributed by atoms with Crippen LogP contribution in [0.4, 0.5) is 0 Å². The second-order valence-corrected chi connectivity index (χ2v) is 11.3. The second-order valence-electron chi connectivity index (χ2n) is 6.53. The largest absolute Gasteiger partial charge is 0.431 e. The van der Waals surface area contributed by atoms with Crippen molar-refractivity contribution in [3.05, 3.63) is 0 Å². The quantitative estimate of drug-likeness (QED) is 0.367. The first-order chi connectivity index (χ1) is 8.45. The van der Waals surface area contributed by atoms with Crippen LogP contribution in [0.3, 0.4) is 0 Å². The van der Waals surface area contributed by atoms with E-state index in [-0.39, 0.29) is 0 Å². The first-order valence-corrected chi connectivity index (χ1v) is 10.5. The first-order valence-electron chi connectivity index (χ1n) is 8.17. The highest BCUT2D eigenvalue weighted by Gasteiger charge is 2.37. The lowest BCUT2D eigenvalue weighted by atomic mass is 10.1. The van der Waals surface area contributed by atoms with Crippen LogP contribution in [0.2, 0.25) is 17.1 Å². The maximum atomic E-state index is 10.8. The number of unbranched alkanes of at least 4 members (excludes halogenated alkanes) is 7. The Morgan fingerprint density at radius 2 is 1.11 bits per heavy atom. The van der Waals surface area contributed by atoms with Crippen molar-refractivity contribution in [3.63, 3.8) is 0 Å². The summed E-state index contributed by atoms with van der Waals surface area (Å²) in [6, 6.07) is 1.11. The van der Waals surface area contributed by atoms with E-state index in [0.29, 0.717) is 11.1 Å². The molecule has 0 aromatic rings. The molecule has 0 aliphatic carbocycles. The van der Waals surface area contributed by atoms with Crippen LogP contribution in [0.25, 0.3) is 0 Å². The number of rotatable bonds is 11. The van der Waals surface area contributed by atoms with Crippen LogP contribution in [0.15, 0.2) is 0 Å². The molecule has 2 heteroatoms. The molecular weight excluding hydrogens is 236 g/mol. The fraction of sp³-hybridized carbons (Fsp3) is 1.00. The van der Waals surface area contributed by atoms with Gasteiger partial charge in [0.15, 0.2) is 8.32 Å². The lowest BCUT2D eigenvalue weighted by Gasteiger charge is -2.33. The molecule has 0 bridgehead atoms. The molecule has 0 fully saturated rings. The zero-order valence-corrected chi connectivity index (χ0v) is 14.5. The maximum absolute atomic E-state index is 10.8. The van der Waals surface area contributed by atoms with Crippen molar-refractivity contribution >= 4 is 8.32 Å². The second kappa shape index (κ2) is 10.0. The molecule has 110 valence electrons. The van der Waals surface area contributed by atoms with Crippen molar-refractivity contribution in [2.75, 3.05) is 0 Å². The van der Waals surface area contributed by atoms with Crippen molar-refractivity contribution in [2.45, 2.75) is 103 Å². The molecule has 0 spiro atoms. The van der Waals surface area contributed by atoms with Crippen LogP contribution in [-0.2, 0) is 0 Å². The summed E-state index contributed by atoms with van der Waals surface area (Å²) in [6.07, 6.45) is 10.9. The monoisotopic (exact) mass is 272 g/mol. The van der Waals surface area contributed by atoms with Gasteiger partial charge < -0.3 is 4.80 Å². The van der Waals surface area contributed by atoms with Crippen LogP contribution >= 0.6 is 0 Å². The molecule has 0 aliphatic rings. The van der Waals surface area contributed by atoms with Gasteiger partial charge >= 0.3 is 0 Å². The summed E-state index contributed by atoms with van der Waals surface area (Å²) in [5.41, 5.74) is 1.00. The molecule has 0 aromatic carbocycles. The zero-order chi connectivity index (χ0) is 14.0. The Morgan fingerprint density at radius 1 is 0.722 bits per heavy atom. The smallest absolute Gasteiger partial charge is 0.193 e. The van der Waals surface area contributed by atoms with Gasteiger partial charge in [0, 0.05) is 0 Å². The molecule has 0 saturated heterocycles. The Bertz CT molecular complexity index is 182. The highest BCUT2D eigenvalue weighted by Crippen LogP contribution is 2.34. The summed E-state index contributed by atoms with van der Waals surface area (Å²) in [5, 5.41) is 0. The van der Waals surface area contributed by atoms with Gasteiger partial charge in [0.05, 0.1) is 0 Å². The molecule has 1 nitrogen and oxygen atoms in total. The molecular formula is C16H36OSi. The van der Waals surface area contributed by atoms with E-state index in [4.69, 9.17) is 0 Å². The number of hydrogen-bond acceptors (Lipinski definition) is 1. The molecule has 18 heavy (non-hydrogen) atoms. The molecule has 0 atom stereocenters. The van der Waals surface area contributed by atoms with Crippen molar-refractivity contribution in [1.29, 1.82) is 0 Å². The number of hydrogen-bond donors (Lipinski definition) is 1. The molecule has 0 amide bonds. The zero-order valence-electron chi connectivity index (χ0n) is 13.5. The molecule has 0 aromatic heterocycles. The Hall–Kier alpha value is 0.177. The van der Waals surface area contributed by atoms with E-state index in [1.165, 1.54) is 51.4 Å². The van der Waals surface area contributed by atoms with E-state index < -0.39 is 8.32 Å². The van der Waals surface area contributed by atoms with Crippen LogP contribution < -0.4 is 0 Å². The van der Waals surface area contributed by atoms with Gasteiger partial charge in [-0.25, -0.2) is 0 Å². The minimum Gasteiger partial charge on any atom is -0.431 e. The van der Waals surface area contributed by atoms with Gasteiger partial charge in [-0.05, 0) is 17.1 Å². The van der Waals surface area contributed by atoms with Crippen molar-refractivity contribution in [1.82, 2.24) is 0 Å². The SMILES string of the molecule is CCCCCCCCCC[Si](O)(C(C)C)C(C)C. The Labute approximate surface area is 117 Å². The van der Waals surface area contributed by atoms with Gasteiger partial charge in [0.2, 0.25) is 0 Å². The van der Waals surface area contributed by atoms with Crippen LogP contribution in [0.1, 0.15) is 86.0 Å². The van der Waals surface area contributed by atoms with E-state index in [1.807, 2.05) is 0 Å². The van der Waals surface area contributed by atoms with Crippen molar-refractivity contribution in [2.24, 2.45) is 0 Å². The van der Waals surface area contributed by atoms with E-state index >= 15 is 0 Å². The van der Waals surface area contributed by atoms with Gasteiger partial charge in [0.1, 0.15) is 0 Å². The van der Waals surface area contributed by atoms with Gasteiger partial charge in [-0.1, -0.05) is 86.0 Å². The first kappa shape index (κ1) is 18.2. The van der Waals surface area contributed by atoms with Gasteiger partial charge in [-0.3, -0.25) is 0 Å². The summed E-state index contributed by atoms with van der Waals surface area (Å²) in [4.78, 5) is 10.8. The minimum atomic E-state index is -1.99. The molecule has 0 rings (SSSR count).